The molecule has 362 valence electrons. The van der Waals surface area contributed by atoms with Crippen LogP contribution in [0.2, 0.25) is 0 Å². The van der Waals surface area contributed by atoms with Gasteiger partial charge in [0.15, 0.2) is 0 Å². The zero-order valence-corrected chi connectivity index (χ0v) is 38.8. The lowest BCUT2D eigenvalue weighted by Gasteiger charge is -2.10. The molecule has 71 heavy (non-hydrogen) atoms. The minimum Gasteiger partial charge on any atom is -0.506 e. The number of hydrogen-bond donors (Lipinski definition) is 6. The molecule has 0 bridgehead atoms. The Hall–Kier alpha value is -8.58. The first-order chi connectivity index (χ1) is 34.0. The fourth-order valence-corrected chi connectivity index (χ4v) is 7.57. The fourth-order valence-electron chi connectivity index (χ4n) is 6.45. The first-order valence-corrected chi connectivity index (χ1v) is 24.3. The molecule has 0 unspecified atom stereocenters. The van der Waals surface area contributed by atoms with E-state index in [0.29, 0.717) is 71.3 Å². The van der Waals surface area contributed by atoms with Crippen molar-refractivity contribution in [2.24, 2.45) is 40.9 Å². The molecule has 0 aliphatic heterocycles. The molecule has 0 amide bonds. The van der Waals surface area contributed by atoms with Crippen molar-refractivity contribution in [3.05, 3.63) is 156 Å². The van der Waals surface area contributed by atoms with Crippen LogP contribution in [-0.2, 0) is 37.9 Å². The van der Waals surface area contributed by atoms with Gasteiger partial charge in [-0.1, -0.05) is 36.8 Å². The number of rotatable bonds is 21. The smallest absolute Gasteiger partial charge is 0.303 e. The summed E-state index contributed by atoms with van der Waals surface area (Å²) in [6.45, 7) is 0.451. The molecular weight excluding hydrogens is 957 g/mol. The van der Waals surface area contributed by atoms with Crippen molar-refractivity contribution in [2.45, 2.75) is 48.3 Å². The number of phenols is 2. The Labute approximate surface area is 405 Å². The lowest BCUT2D eigenvalue weighted by Crippen LogP contribution is -2.12. The third kappa shape index (κ3) is 15.2. The molecule has 1 heterocycles. The van der Waals surface area contributed by atoms with Crippen LogP contribution in [0.1, 0.15) is 48.5 Å². The van der Waals surface area contributed by atoms with Gasteiger partial charge in [0.25, 0.3) is 20.2 Å². The average Bonchev–Trinajstić information content (AvgIpc) is 3.33. The maximum absolute atomic E-state index is 12.3. The summed E-state index contributed by atoms with van der Waals surface area (Å²) in [4.78, 5) is 23.9. The maximum atomic E-state index is 12.3. The van der Waals surface area contributed by atoms with Crippen molar-refractivity contribution >= 4 is 77.7 Å². The lowest BCUT2D eigenvalue weighted by molar-refractivity contribution is -0.137. The quantitative estimate of drug-likeness (QED) is 0.0221. The summed E-state index contributed by atoms with van der Waals surface area (Å²) >= 11 is 0. The maximum Gasteiger partial charge on any atom is 0.303 e. The Morgan fingerprint density at radius 2 is 0.958 bits per heavy atom. The molecule has 0 spiro atoms. The molecule has 6 aromatic carbocycles. The number of nitrogens with zero attached hydrogens (tertiary/aromatic N) is 11. The van der Waals surface area contributed by atoms with E-state index in [1.807, 2.05) is 6.07 Å². The van der Waals surface area contributed by atoms with Crippen LogP contribution in [-0.4, -0.2) is 68.7 Å². The molecule has 1 aromatic heterocycles. The van der Waals surface area contributed by atoms with Gasteiger partial charge in [-0.25, -0.2) is 4.98 Å². The van der Waals surface area contributed by atoms with E-state index in [1.165, 1.54) is 54.6 Å². The highest BCUT2D eigenvalue weighted by molar-refractivity contribution is 7.86. The number of nitrogens with one attached hydrogen (secondary N) is 1. The fraction of sp³-hybridized carbons (Fsp3) is 0.149. The molecule has 0 atom stereocenters. The summed E-state index contributed by atoms with van der Waals surface area (Å²) in [7, 11) is -9.09. The molecule has 22 nitrogen and oxygen atoms in total. The van der Waals surface area contributed by atoms with Gasteiger partial charge < -0.3 is 20.6 Å². The van der Waals surface area contributed by atoms with Gasteiger partial charge in [-0.15, -0.1) is 15.3 Å². The molecular formula is C47H42N12O10S2. The van der Waals surface area contributed by atoms with E-state index in [0.717, 1.165) is 6.07 Å². The second kappa shape index (κ2) is 23.1. The van der Waals surface area contributed by atoms with Crippen LogP contribution in [0.15, 0.2) is 184 Å². The average molecular weight is 999 g/mol. The number of azo groups is 4. The SMILES string of the molecule is O=C(O)CCCCCNc1nc(Cc2ccc(N=Nc3ccc(N=Nc4ccc(S(=O)(=O)O)cc4)cc3)c(O)c2)nc(Cc2ccc(N=Nc3ccc(N=Nc4ccccc4)cc3S(=O)(=O)O)c(O)c2)n1. The van der Waals surface area contributed by atoms with E-state index in [4.69, 9.17) is 9.66 Å². The third-order valence-corrected chi connectivity index (χ3v) is 11.7. The molecule has 0 aliphatic carbocycles. The van der Waals surface area contributed by atoms with Crippen LogP contribution in [0.4, 0.5) is 51.4 Å². The van der Waals surface area contributed by atoms with Gasteiger partial charge in [0.1, 0.15) is 45.1 Å². The summed E-state index contributed by atoms with van der Waals surface area (Å²) in [5.41, 5.74) is 3.15. The molecule has 0 fully saturated rings. The van der Waals surface area contributed by atoms with Crippen LogP contribution >= 0.6 is 0 Å². The highest BCUT2D eigenvalue weighted by atomic mass is 32.2. The van der Waals surface area contributed by atoms with E-state index in [-0.39, 0.29) is 64.4 Å². The van der Waals surface area contributed by atoms with Crippen molar-refractivity contribution in [3.63, 3.8) is 0 Å². The highest BCUT2D eigenvalue weighted by Gasteiger charge is 2.18. The van der Waals surface area contributed by atoms with Crippen LogP contribution < -0.4 is 5.32 Å². The lowest BCUT2D eigenvalue weighted by atomic mass is 10.1. The van der Waals surface area contributed by atoms with E-state index in [2.05, 4.69) is 61.2 Å². The first kappa shape index (κ1) is 50.3. The molecule has 7 aromatic rings. The summed E-state index contributed by atoms with van der Waals surface area (Å²) in [6.07, 6.45) is 2.19. The van der Waals surface area contributed by atoms with Crippen LogP contribution in [0.5, 0.6) is 11.5 Å². The largest absolute Gasteiger partial charge is 0.506 e. The molecule has 0 radical (unpaired) electrons. The number of phenolic OH excluding ortho intramolecular Hbond substituents is 2. The summed E-state index contributed by atoms with van der Waals surface area (Å²) < 4.78 is 66.2. The predicted molar refractivity (Wildman–Crippen MR) is 258 cm³/mol. The Bertz CT molecular complexity index is 3380. The number of hydrogen-bond acceptors (Lipinski definition) is 19. The Morgan fingerprint density at radius 3 is 1.48 bits per heavy atom. The van der Waals surface area contributed by atoms with Gasteiger partial charge in [0.05, 0.1) is 33.3 Å². The van der Waals surface area contributed by atoms with Gasteiger partial charge >= 0.3 is 5.97 Å². The number of unbranched alkanes of at least 4 members (excludes halogenated alkanes) is 2. The van der Waals surface area contributed by atoms with Crippen LogP contribution in [0, 0.1) is 0 Å². The number of benzene rings is 6. The first-order valence-electron chi connectivity index (χ1n) is 21.4. The number of carboxylic acids is 1. The van der Waals surface area contributed by atoms with E-state index < -0.39 is 31.1 Å². The second-order valence-electron chi connectivity index (χ2n) is 15.4. The van der Waals surface area contributed by atoms with E-state index in [1.54, 1.807) is 66.7 Å². The number of aliphatic carboxylic acids is 1. The zero-order chi connectivity index (χ0) is 50.4. The van der Waals surface area contributed by atoms with E-state index in [9.17, 15) is 36.4 Å². The molecule has 7 rings (SSSR count). The number of aromatic hydroxyl groups is 2. The summed E-state index contributed by atoms with van der Waals surface area (Å²) in [6, 6.07) is 33.7. The Balaban J connectivity index is 1.03. The van der Waals surface area contributed by atoms with Crippen molar-refractivity contribution in [1.82, 2.24) is 15.0 Å². The molecule has 24 heteroatoms. The van der Waals surface area contributed by atoms with Gasteiger partial charge in [-0.2, -0.15) is 52.4 Å². The second-order valence-corrected chi connectivity index (χ2v) is 18.2. The van der Waals surface area contributed by atoms with Crippen molar-refractivity contribution < 1.29 is 46.1 Å². The molecule has 0 aliphatic rings. The minimum absolute atomic E-state index is 0.00322. The molecule has 6 N–H and O–H groups in total. The predicted octanol–water partition coefficient (Wildman–Crippen LogP) is 11.7. The van der Waals surface area contributed by atoms with Crippen LogP contribution in [0.25, 0.3) is 0 Å². The number of anilines is 1. The van der Waals surface area contributed by atoms with E-state index >= 15 is 0 Å². The van der Waals surface area contributed by atoms with Gasteiger partial charge in [0, 0.05) is 25.8 Å². The number of aromatic nitrogens is 3. The molecule has 0 saturated carbocycles. The standard InChI is InChI=1S/C47H42N12O10S2/c60-41-25-30(10-21-38(41)57-55-34-14-12-33(13-15-34)53-54-35-16-19-37(20-17-35)70(64,65)66)27-44-49-45(51-47(50-44)48-24-6-2-5-9-46(62)63)28-31-11-22-39(42(61)26-31)58-59-40-23-18-36(29-43(40)71(67,68)69)56-52-32-7-3-1-4-8-32/h1,3-4,7-8,10-23,25-26,29,60-61H,2,5-6,9,24,27-28H2,(H,62,63)(H,64,65,66)(H,67,68,69)(H,48,49,50,51). The molecule has 0 saturated heterocycles. The zero-order valence-electron chi connectivity index (χ0n) is 37.2. The van der Waals surface area contributed by atoms with Gasteiger partial charge in [-0.05, 0) is 127 Å². The monoisotopic (exact) mass is 998 g/mol. The van der Waals surface area contributed by atoms with Crippen molar-refractivity contribution in [1.29, 1.82) is 0 Å². The van der Waals surface area contributed by atoms with Crippen LogP contribution in [0.3, 0.4) is 0 Å². The Morgan fingerprint density at radius 1 is 0.493 bits per heavy atom. The van der Waals surface area contributed by atoms with Gasteiger partial charge in [-0.3, -0.25) is 13.9 Å². The normalized spacial score (nSPS) is 12.1. The third-order valence-electron chi connectivity index (χ3n) is 9.95. The summed E-state index contributed by atoms with van der Waals surface area (Å²) in [5.74, 6) is -0.377. The van der Waals surface area contributed by atoms with Gasteiger partial charge in [0.2, 0.25) is 5.95 Å². The topological polar surface area (TPSA) is 336 Å². The van der Waals surface area contributed by atoms with Crippen molar-refractivity contribution in [3.8, 4) is 11.5 Å². The van der Waals surface area contributed by atoms with Crippen molar-refractivity contribution in [2.75, 3.05) is 11.9 Å². The summed E-state index contributed by atoms with van der Waals surface area (Å²) in [5, 5.41) is 66.7. The number of carboxylic acid groups (broad SMARTS) is 1. The Kier molecular flexibility index (Phi) is 16.4. The minimum atomic E-state index is -4.77. The number of carbonyl (C=O) groups is 1. The highest BCUT2D eigenvalue weighted by Crippen LogP contribution is 2.35.